The maximum Gasteiger partial charge on any atom is 0.410 e. The second kappa shape index (κ2) is 5.24. The molecular weight excluding hydrogens is 238 g/mol. The van der Waals surface area contributed by atoms with Gasteiger partial charge in [-0.2, -0.15) is 0 Å². The van der Waals surface area contributed by atoms with Crippen molar-refractivity contribution in [1.29, 1.82) is 0 Å². The zero-order valence-electron chi connectivity index (χ0n) is 12.3. The Morgan fingerprint density at radius 1 is 1.32 bits per heavy atom. The van der Waals surface area contributed by atoms with E-state index in [0.717, 1.165) is 19.5 Å². The van der Waals surface area contributed by atoms with Gasteiger partial charge in [-0.3, -0.25) is 0 Å². The molecule has 2 rings (SSSR count). The third-order valence-corrected chi connectivity index (χ3v) is 3.47. The minimum Gasteiger partial charge on any atom is -0.444 e. The number of aryl methyl sites for hydroxylation is 1. The lowest BCUT2D eigenvalue weighted by atomic mass is 9.94. The normalized spacial score (nSPS) is 19.6. The van der Waals surface area contributed by atoms with Crippen molar-refractivity contribution in [3.05, 3.63) is 35.4 Å². The van der Waals surface area contributed by atoms with E-state index >= 15 is 0 Å². The lowest BCUT2D eigenvalue weighted by molar-refractivity contribution is 0.0292. The van der Waals surface area contributed by atoms with Gasteiger partial charge in [-0.25, -0.2) is 4.79 Å². The van der Waals surface area contributed by atoms with E-state index in [0.29, 0.717) is 5.92 Å². The van der Waals surface area contributed by atoms with Crippen molar-refractivity contribution in [3.63, 3.8) is 0 Å². The molecule has 1 saturated heterocycles. The summed E-state index contributed by atoms with van der Waals surface area (Å²) in [5, 5.41) is 0. The molecule has 0 N–H and O–H groups in total. The zero-order chi connectivity index (χ0) is 14.0. The molecule has 1 aromatic carbocycles. The number of hydrogen-bond donors (Lipinski definition) is 0. The summed E-state index contributed by atoms with van der Waals surface area (Å²) in [6.45, 7) is 9.39. The largest absolute Gasteiger partial charge is 0.444 e. The van der Waals surface area contributed by atoms with Crippen LogP contribution in [0.5, 0.6) is 0 Å². The van der Waals surface area contributed by atoms with Crippen LogP contribution in [0.25, 0.3) is 0 Å². The average molecular weight is 261 g/mol. The molecular formula is C16H23NO2. The van der Waals surface area contributed by atoms with E-state index in [2.05, 4.69) is 31.2 Å². The van der Waals surface area contributed by atoms with Gasteiger partial charge in [0.15, 0.2) is 0 Å². The minimum absolute atomic E-state index is 0.191. The van der Waals surface area contributed by atoms with Crippen molar-refractivity contribution in [2.75, 3.05) is 13.1 Å². The summed E-state index contributed by atoms with van der Waals surface area (Å²) in [5.41, 5.74) is 2.24. The molecule has 19 heavy (non-hydrogen) atoms. The average Bonchev–Trinajstić information content (AvgIpc) is 2.76. The van der Waals surface area contributed by atoms with Gasteiger partial charge in [0, 0.05) is 19.0 Å². The van der Waals surface area contributed by atoms with Crippen molar-refractivity contribution in [1.82, 2.24) is 4.90 Å². The fraction of sp³-hybridized carbons (Fsp3) is 0.562. The molecule has 1 aromatic rings. The number of rotatable bonds is 1. The van der Waals surface area contributed by atoms with E-state index in [9.17, 15) is 4.79 Å². The highest BCUT2D eigenvalue weighted by Gasteiger charge is 2.30. The topological polar surface area (TPSA) is 29.5 Å². The van der Waals surface area contributed by atoms with Gasteiger partial charge in [0.2, 0.25) is 0 Å². The van der Waals surface area contributed by atoms with Gasteiger partial charge in [-0.1, -0.05) is 24.3 Å². The summed E-state index contributed by atoms with van der Waals surface area (Å²) >= 11 is 0. The molecule has 1 amide bonds. The molecule has 1 unspecified atom stereocenters. The van der Waals surface area contributed by atoms with Gasteiger partial charge < -0.3 is 9.64 Å². The van der Waals surface area contributed by atoms with Crippen LogP contribution in [0, 0.1) is 6.92 Å². The first-order chi connectivity index (χ1) is 8.87. The van der Waals surface area contributed by atoms with Crippen LogP contribution >= 0.6 is 0 Å². The SMILES string of the molecule is Cc1ccccc1C1CCN(C(=O)OC(C)(C)C)C1. The summed E-state index contributed by atoms with van der Waals surface area (Å²) in [4.78, 5) is 13.8. The number of nitrogens with zero attached hydrogens (tertiary/aromatic N) is 1. The third kappa shape index (κ3) is 3.49. The summed E-state index contributed by atoms with van der Waals surface area (Å²) in [6.07, 6.45) is 0.827. The molecule has 0 radical (unpaired) electrons. The summed E-state index contributed by atoms with van der Waals surface area (Å²) in [7, 11) is 0. The number of benzene rings is 1. The molecule has 0 bridgehead atoms. The smallest absolute Gasteiger partial charge is 0.410 e. The Balaban J connectivity index is 2.01. The van der Waals surface area contributed by atoms with Gasteiger partial charge in [0.05, 0.1) is 0 Å². The number of carbonyl (C=O) groups is 1. The van der Waals surface area contributed by atoms with Gasteiger partial charge in [-0.05, 0) is 45.2 Å². The standard InChI is InChI=1S/C16H23NO2/c1-12-7-5-6-8-14(12)13-9-10-17(11-13)15(18)19-16(2,3)4/h5-8,13H,9-11H2,1-4H3. The van der Waals surface area contributed by atoms with Crippen molar-refractivity contribution in [3.8, 4) is 0 Å². The Kier molecular flexibility index (Phi) is 3.83. The monoisotopic (exact) mass is 261 g/mol. The number of hydrogen-bond acceptors (Lipinski definition) is 2. The van der Waals surface area contributed by atoms with E-state index in [1.165, 1.54) is 11.1 Å². The van der Waals surface area contributed by atoms with Crippen molar-refractivity contribution in [2.45, 2.75) is 45.6 Å². The summed E-state index contributed by atoms with van der Waals surface area (Å²) in [6, 6.07) is 8.42. The maximum atomic E-state index is 12.0. The predicted molar refractivity (Wildman–Crippen MR) is 76.3 cm³/mol. The highest BCUT2D eigenvalue weighted by atomic mass is 16.6. The molecule has 1 heterocycles. The molecule has 1 aliphatic rings. The molecule has 0 saturated carbocycles. The lowest BCUT2D eigenvalue weighted by Gasteiger charge is -2.24. The number of carbonyl (C=O) groups excluding carboxylic acids is 1. The molecule has 0 aromatic heterocycles. The fourth-order valence-electron chi connectivity index (χ4n) is 2.55. The summed E-state index contributed by atoms with van der Waals surface area (Å²) in [5.74, 6) is 0.439. The van der Waals surface area contributed by atoms with E-state index in [-0.39, 0.29) is 6.09 Å². The summed E-state index contributed by atoms with van der Waals surface area (Å²) < 4.78 is 5.42. The molecule has 104 valence electrons. The second-order valence-corrected chi connectivity index (χ2v) is 6.27. The van der Waals surface area contributed by atoms with Gasteiger partial charge in [-0.15, -0.1) is 0 Å². The van der Waals surface area contributed by atoms with Crippen molar-refractivity contribution >= 4 is 6.09 Å². The third-order valence-electron chi connectivity index (χ3n) is 3.47. The predicted octanol–water partition coefficient (Wildman–Crippen LogP) is 3.72. The Morgan fingerprint density at radius 3 is 2.63 bits per heavy atom. The van der Waals surface area contributed by atoms with Crippen molar-refractivity contribution < 1.29 is 9.53 Å². The molecule has 3 nitrogen and oxygen atoms in total. The van der Waals surface area contributed by atoms with Crippen LogP contribution in [0.3, 0.4) is 0 Å². The molecule has 1 fully saturated rings. The highest BCUT2D eigenvalue weighted by Crippen LogP contribution is 2.30. The lowest BCUT2D eigenvalue weighted by Crippen LogP contribution is -2.35. The minimum atomic E-state index is -0.419. The molecule has 3 heteroatoms. The fourth-order valence-corrected chi connectivity index (χ4v) is 2.55. The quantitative estimate of drug-likeness (QED) is 0.771. The molecule has 1 atom stereocenters. The van der Waals surface area contributed by atoms with Crippen LogP contribution in [0.15, 0.2) is 24.3 Å². The van der Waals surface area contributed by atoms with E-state index < -0.39 is 5.60 Å². The van der Waals surface area contributed by atoms with Crippen LogP contribution in [0.2, 0.25) is 0 Å². The van der Waals surface area contributed by atoms with Crippen LogP contribution in [-0.4, -0.2) is 29.7 Å². The Hall–Kier alpha value is -1.51. The maximum absolute atomic E-state index is 12.0. The van der Waals surface area contributed by atoms with E-state index in [1.807, 2.05) is 25.7 Å². The zero-order valence-corrected chi connectivity index (χ0v) is 12.3. The van der Waals surface area contributed by atoms with Gasteiger partial charge in [0.25, 0.3) is 0 Å². The Morgan fingerprint density at radius 2 is 2.00 bits per heavy atom. The van der Waals surface area contributed by atoms with Gasteiger partial charge in [0.1, 0.15) is 5.60 Å². The Labute approximate surface area is 115 Å². The molecule has 1 aliphatic heterocycles. The molecule has 0 aliphatic carbocycles. The second-order valence-electron chi connectivity index (χ2n) is 6.27. The van der Waals surface area contributed by atoms with Crippen LogP contribution < -0.4 is 0 Å². The first-order valence-electron chi connectivity index (χ1n) is 6.90. The van der Waals surface area contributed by atoms with E-state index in [1.54, 1.807) is 0 Å². The van der Waals surface area contributed by atoms with Crippen LogP contribution in [0.4, 0.5) is 4.79 Å². The van der Waals surface area contributed by atoms with Crippen molar-refractivity contribution in [2.24, 2.45) is 0 Å². The first-order valence-corrected chi connectivity index (χ1v) is 6.90. The Bertz CT molecular complexity index is 462. The number of likely N-dealkylation sites (tertiary alicyclic amines) is 1. The highest BCUT2D eigenvalue weighted by molar-refractivity contribution is 5.68. The van der Waals surface area contributed by atoms with Crippen LogP contribution in [0.1, 0.15) is 44.2 Å². The van der Waals surface area contributed by atoms with Crippen LogP contribution in [-0.2, 0) is 4.74 Å². The first kappa shape index (κ1) is 13.9. The number of amides is 1. The van der Waals surface area contributed by atoms with Gasteiger partial charge >= 0.3 is 6.09 Å². The molecule has 0 spiro atoms. The van der Waals surface area contributed by atoms with E-state index in [4.69, 9.17) is 4.74 Å². The number of ether oxygens (including phenoxy) is 1.